The zero-order chi connectivity index (χ0) is 16.8. The van der Waals surface area contributed by atoms with E-state index < -0.39 is 0 Å². The number of amides is 1. The van der Waals surface area contributed by atoms with Gasteiger partial charge in [0.25, 0.3) is 0 Å². The van der Waals surface area contributed by atoms with E-state index in [0.717, 1.165) is 70.5 Å². The maximum atomic E-state index is 12.6. The molecule has 2 fully saturated rings. The molecular formula is C18H28N4O2. The number of ether oxygens (including phenoxy) is 1. The van der Waals surface area contributed by atoms with E-state index in [1.54, 1.807) is 12.4 Å². The van der Waals surface area contributed by atoms with E-state index in [2.05, 4.69) is 14.9 Å². The third-order valence-electron chi connectivity index (χ3n) is 5.23. The minimum atomic E-state index is 0.329. The summed E-state index contributed by atoms with van der Waals surface area (Å²) >= 11 is 0. The van der Waals surface area contributed by atoms with E-state index in [1.807, 2.05) is 0 Å². The van der Waals surface area contributed by atoms with Crippen LogP contribution in [-0.4, -0.2) is 47.1 Å². The second-order valence-electron chi connectivity index (χ2n) is 7.07. The molecule has 0 unspecified atom stereocenters. The van der Waals surface area contributed by atoms with Gasteiger partial charge in [0.1, 0.15) is 5.82 Å². The first kappa shape index (κ1) is 17.1. The predicted molar refractivity (Wildman–Crippen MR) is 92.2 cm³/mol. The summed E-state index contributed by atoms with van der Waals surface area (Å²) in [5.41, 5.74) is 6.58. The number of anilines is 1. The largest absolute Gasteiger partial charge is 0.382 e. The summed E-state index contributed by atoms with van der Waals surface area (Å²) in [5, 5.41) is 0. The molecule has 1 amide bonds. The highest BCUT2D eigenvalue weighted by molar-refractivity contribution is 5.76. The number of carbonyl (C=O) groups is 1. The van der Waals surface area contributed by atoms with Crippen molar-refractivity contribution in [3.63, 3.8) is 0 Å². The van der Waals surface area contributed by atoms with Gasteiger partial charge in [-0.15, -0.1) is 0 Å². The standard InChI is InChI=1S/C18H28N4O2/c19-17-13-20-16(12-21-17)10-14-2-1-6-22(7-3-14)18(23)11-15-4-8-24-9-5-15/h12-15H,1-11H2,(H2,19,21)/t14-/m1/s1. The molecule has 2 aliphatic heterocycles. The average Bonchev–Trinajstić information content (AvgIpc) is 2.83. The van der Waals surface area contributed by atoms with Crippen LogP contribution < -0.4 is 5.73 Å². The molecule has 2 aliphatic rings. The van der Waals surface area contributed by atoms with Crippen molar-refractivity contribution < 1.29 is 9.53 Å². The Balaban J connectivity index is 1.47. The van der Waals surface area contributed by atoms with Gasteiger partial charge >= 0.3 is 0 Å². The molecule has 6 nitrogen and oxygen atoms in total. The Labute approximate surface area is 143 Å². The molecule has 24 heavy (non-hydrogen) atoms. The number of hydrogen-bond donors (Lipinski definition) is 1. The summed E-state index contributed by atoms with van der Waals surface area (Å²) in [6.07, 6.45) is 10.3. The minimum Gasteiger partial charge on any atom is -0.382 e. The smallest absolute Gasteiger partial charge is 0.222 e. The van der Waals surface area contributed by atoms with Crippen LogP contribution in [0.15, 0.2) is 12.4 Å². The second kappa shape index (κ2) is 8.42. The molecule has 0 saturated carbocycles. The van der Waals surface area contributed by atoms with Crippen molar-refractivity contribution in [1.29, 1.82) is 0 Å². The monoisotopic (exact) mass is 332 g/mol. The van der Waals surface area contributed by atoms with Crippen LogP contribution in [-0.2, 0) is 16.0 Å². The highest BCUT2D eigenvalue weighted by Gasteiger charge is 2.24. The van der Waals surface area contributed by atoms with E-state index in [9.17, 15) is 4.79 Å². The highest BCUT2D eigenvalue weighted by atomic mass is 16.5. The summed E-state index contributed by atoms with van der Waals surface area (Å²) in [4.78, 5) is 23.1. The van der Waals surface area contributed by atoms with Crippen LogP contribution in [0.2, 0.25) is 0 Å². The summed E-state index contributed by atoms with van der Waals surface area (Å²) in [6, 6.07) is 0. The van der Waals surface area contributed by atoms with E-state index in [0.29, 0.717) is 30.0 Å². The van der Waals surface area contributed by atoms with Crippen LogP contribution in [0.25, 0.3) is 0 Å². The summed E-state index contributed by atoms with van der Waals surface area (Å²) in [5.74, 6) is 1.87. The number of nitrogens with zero attached hydrogens (tertiary/aromatic N) is 3. The first-order valence-electron chi connectivity index (χ1n) is 9.12. The summed E-state index contributed by atoms with van der Waals surface area (Å²) in [7, 11) is 0. The zero-order valence-electron chi connectivity index (χ0n) is 14.3. The number of carbonyl (C=O) groups excluding carboxylic acids is 1. The van der Waals surface area contributed by atoms with Crippen LogP contribution in [0.1, 0.15) is 44.2 Å². The second-order valence-corrected chi connectivity index (χ2v) is 7.07. The minimum absolute atomic E-state index is 0.329. The van der Waals surface area contributed by atoms with Crippen LogP contribution >= 0.6 is 0 Å². The Morgan fingerprint density at radius 2 is 1.96 bits per heavy atom. The van der Waals surface area contributed by atoms with E-state index >= 15 is 0 Å². The van der Waals surface area contributed by atoms with Crippen molar-refractivity contribution in [1.82, 2.24) is 14.9 Å². The van der Waals surface area contributed by atoms with Gasteiger partial charge in [-0.25, -0.2) is 4.98 Å². The van der Waals surface area contributed by atoms with Crippen LogP contribution in [0.5, 0.6) is 0 Å². The van der Waals surface area contributed by atoms with Gasteiger partial charge in [-0.3, -0.25) is 9.78 Å². The average molecular weight is 332 g/mol. The van der Waals surface area contributed by atoms with Crippen LogP contribution in [0.4, 0.5) is 5.82 Å². The van der Waals surface area contributed by atoms with Crippen LogP contribution in [0.3, 0.4) is 0 Å². The molecule has 3 heterocycles. The maximum absolute atomic E-state index is 12.6. The molecule has 6 heteroatoms. The molecule has 0 bridgehead atoms. The third kappa shape index (κ3) is 4.90. The molecule has 0 radical (unpaired) electrons. The molecular weight excluding hydrogens is 304 g/mol. The Kier molecular flexibility index (Phi) is 6.01. The first-order valence-corrected chi connectivity index (χ1v) is 9.12. The molecule has 132 valence electrons. The molecule has 2 saturated heterocycles. The third-order valence-corrected chi connectivity index (χ3v) is 5.23. The molecule has 0 aromatic carbocycles. The SMILES string of the molecule is Nc1cnc(C[C@@H]2CCCN(C(=O)CC3CCOCC3)CC2)cn1. The fourth-order valence-corrected chi connectivity index (χ4v) is 3.71. The Morgan fingerprint density at radius 3 is 2.71 bits per heavy atom. The molecule has 1 atom stereocenters. The predicted octanol–water partition coefficient (Wildman–Crippen LogP) is 2.05. The molecule has 1 aromatic heterocycles. The Morgan fingerprint density at radius 1 is 1.12 bits per heavy atom. The summed E-state index contributed by atoms with van der Waals surface area (Å²) in [6.45, 7) is 3.38. The van der Waals surface area contributed by atoms with Crippen molar-refractivity contribution in [2.24, 2.45) is 11.8 Å². The van der Waals surface area contributed by atoms with E-state index in [1.165, 1.54) is 0 Å². The fourth-order valence-electron chi connectivity index (χ4n) is 3.71. The lowest BCUT2D eigenvalue weighted by atomic mass is 9.95. The molecule has 1 aromatic rings. The first-order chi connectivity index (χ1) is 11.7. The van der Waals surface area contributed by atoms with Gasteiger partial charge in [0.15, 0.2) is 0 Å². The topological polar surface area (TPSA) is 81.3 Å². The Bertz CT molecular complexity index is 528. The van der Waals surface area contributed by atoms with Crippen molar-refractivity contribution in [3.8, 4) is 0 Å². The summed E-state index contributed by atoms with van der Waals surface area (Å²) < 4.78 is 5.38. The lowest BCUT2D eigenvalue weighted by Crippen LogP contribution is -2.34. The number of likely N-dealkylation sites (tertiary alicyclic amines) is 1. The van der Waals surface area contributed by atoms with Crippen molar-refractivity contribution in [3.05, 3.63) is 18.1 Å². The lowest BCUT2D eigenvalue weighted by Gasteiger charge is -2.26. The van der Waals surface area contributed by atoms with Gasteiger partial charge < -0.3 is 15.4 Å². The maximum Gasteiger partial charge on any atom is 0.222 e. The Hall–Kier alpha value is -1.69. The number of aromatic nitrogens is 2. The number of hydrogen-bond acceptors (Lipinski definition) is 5. The van der Waals surface area contributed by atoms with E-state index in [-0.39, 0.29) is 0 Å². The van der Waals surface area contributed by atoms with Crippen molar-refractivity contribution >= 4 is 11.7 Å². The molecule has 0 spiro atoms. The lowest BCUT2D eigenvalue weighted by molar-refractivity contribution is -0.132. The zero-order valence-corrected chi connectivity index (χ0v) is 14.3. The highest BCUT2D eigenvalue weighted by Crippen LogP contribution is 2.24. The van der Waals surface area contributed by atoms with Gasteiger partial charge in [0.05, 0.1) is 18.1 Å². The number of nitrogens with two attached hydrogens (primary N) is 1. The van der Waals surface area contributed by atoms with Gasteiger partial charge in [-0.1, -0.05) is 0 Å². The van der Waals surface area contributed by atoms with Gasteiger partial charge in [0.2, 0.25) is 5.91 Å². The van der Waals surface area contributed by atoms with Crippen LogP contribution in [0, 0.1) is 11.8 Å². The van der Waals surface area contributed by atoms with E-state index in [4.69, 9.17) is 10.5 Å². The number of nitrogen functional groups attached to an aromatic ring is 1. The van der Waals surface area contributed by atoms with Gasteiger partial charge in [0, 0.05) is 32.7 Å². The molecule has 2 N–H and O–H groups in total. The normalized spacial score (nSPS) is 23.0. The quantitative estimate of drug-likeness (QED) is 0.912. The van der Waals surface area contributed by atoms with Crippen molar-refractivity contribution in [2.45, 2.75) is 44.9 Å². The van der Waals surface area contributed by atoms with Gasteiger partial charge in [-0.05, 0) is 50.4 Å². The van der Waals surface area contributed by atoms with Crippen molar-refractivity contribution in [2.75, 3.05) is 32.0 Å². The fraction of sp³-hybridized carbons (Fsp3) is 0.722. The molecule has 3 rings (SSSR count). The number of rotatable bonds is 4. The molecule has 0 aliphatic carbocycles. The van der Waals surface area contributed by atoms with Gasteiger partial charge in [-0.2, -0.15) is 0 Å².